The zero-order chi connectivity index (χ0) is 10.8. The lowest BCUT2D eigenvalue weighted by molar-refractivity contribution is 0.566. The van der Waals surface area contributed by atoms with E-state index in [2.05, 4.69) is 5.10 Å². The summed E-state index contributed by atoms with van der Waals surface area (Å²) in [6.07, 6.45) is 0.814. The van der Waals surface area contributed by atoms with Crippen LogP contribution in [-0.4, -0.2) is 9.78 Å². The molecule has 15 heavy (non-hydrogen) atoms. The molecule has 0 radical (unpaired) electrons. The van der Waals surface area contributed by atoms with Gasteiger partial charge in [0, 0.05) is 6.54 Å². The summed E-state index contributed by atoms with van der Waals surface area (Å²) in [7, 11) is 0. The van der Waals surface area contributed by atoms with Crippen LogP contribution < -0.4 is 11.1 Å². The van der Waals surface area contributed by atoms with Gasteiger partial charge in [0.1, 0.15) is 0 Å². The first kappa shape index (κ1) is 9.71. The number of aryl methyl sites for hydroxylation is 1. The smallest absolute Gasteiger partial charge is 0.267 e. The van der Waals surface area contributed by atoms with Gasteiger partial charge in [-0.2, -0.15) is 0 Å². The van der Waals surface area contributed by atoms with Crippen molar-refractivity contribution in [2.75, 3.05) is 0 Å². The Balaban J connectivity index is 2.85. The van der Waals surface area contributed by atoms with Gasteiger partial charge in [-0.1, -0.05) is 19.1 Å². The van der Waals surface area contributed by atoms with Gasteiger partial charge in [-0.05, 0) is 18.6 Å². The zero-order valence-corrected chi connectivity index (χ0v) is 8.49. The molecule has 2 rings (SSSR count). The molecule has 4 heteroatoms. The highest BCUT2D eigenvalue weighted by molar-refractivity contribution is 5.80. The number of hydrogen-bond acceptors (Lipinski definition) is 2. The second-order valence-electron chi connectivity index (χ2n) is 3.44. The number of hydrogen-bond donors (Lipinski definition) is 1. The highest BCUT2D eigenvalue weighted by Gasteiger charge is 2.04. The first-order valence-corrected chi connectivity index (χ1v) is 4.96. The number of benzene rings is 1. The van der Waals surface area contributed by atoms with Gasteiger partial charge in [0.15, 0.2) is 0 Å². The average Bonchev–Trinajstić information content (AvgIpc) is 2.26. The Kier molecular flexibility index (Phi) is 2.41. The lowest BCUT2D eigenvalue weighted by Crippen LogP contribution is -2.29. The van der Waals surface area contributed by atoms with Gasteiger partial charge >= 0.3 is 0 Å². The molecule has 1 aromatic carbocycles. The van der Waals surface area contributed by atoms with Crippen molar-refractivity contribution in [2.24, 2.45) is 0 Å². The first-order chi connectivity index (χ1) is 7.24. The van der Waals surface area contributed by atoms with E-state index in [9.17, 15) is 9.59 Å². The number of H-pyrrole nitrogens is 1. The average molecular weight is 204 g/mol. The molecule has 1 N–H and O–H groups in total. The van der Waals surface area contributed by atoms with Crippen LogP contribution in [0.4, 0.5) is 0 Å². The summed E-state index contributed by atoms with van der Waals surface area (Å²) < 4.78 is 1.37. The minimum atomic E-state index is -0.210. The van der Waals surface area contributed by atoms with E-state index in [4.69, 9.17) is 0 Å². The van der Waals surface area contributed by atoms with Crippen LogP contribution in [0.5, 0.6) is 0 Å². The Labute approximate surface area is 86.1 Å². The van der Waals surface area contributed by atoms with Gasteiger partial charge in [-0.25, -0.2) is 4.68 Å². The maximum absolute atomic E-state index is 11.9. The summed E-state index contributed by atoms with van der Waals surface area (Å²) in [5, 5.41) is 3.50. The maximum atomic E-state index is 11.9. The quantitative estimate of drug-likeness (QED) is 0.796. The van der Waals surface area contributed by atoms with Crippen LogP contribution >= 0.6 is 0 Å². The Morgan fingerprint density at radius 3 is 2.53 bits per heavy atom. The molecule has 4 nitrogen and oxygen atoms in total. The predicted molar refractivity (Wildman–Crippen MR) is 59.1 cm³/mol. The van der Waals surface area contributed by atoms with Crippen molar-refractivity contribution in [2.45, 2.75) is 19.9 Å². The monoisotopic (exact) mass is 204 g/mol. The first-order valence-electron chi connectivity index (χ1n) is 4.96. The summed E-state index contributed by atoms with van der Waals surface area (Å²) in [6.45, 7) is 2.50. The molecule has 0 aliphatic rings. The highest BCUT2D eigenvalue weighted by atomic mass is 16.2. The summed E-state index contributed by atoms with van der Waals surface area (Å²) in [6, 6.07) is 6.85. The normalized spacial score (nSPS) is 10.7. The van der Waals surface area contributed by atoms with Crippen LogP contribution in [0.15, 0.2) is 33.9 Å². The molecule has 0 saturated heterocycles. The van der Waals surface area contributed by atoms with Gasteiger partial charge in [-0.3, -0.25) is 14.7 Å². The topological polar surface area (TPSA) is 54.9 Å². The fourth-order valence-corrected chi connectivity index (χ4v) is 1.63. The van der Waals surface area contributed by atoms with Crippen molar-refractivity contribution in [3.63, 3.8) is 0 Å². The van der Waals surface area contributed by atoms with Gasteiger partial charge in [-0.15, -0.1) is 0 Å². The van der Waals surface area contributed by atoms with Crippen molar-refractivity contribution >= 4 is 10.8 Å². The summed E-state index contributed by atoms with van der Waals surface area (Å²) in [5.74, 6) is 0. The molecule has 0 aliphatic heterocycles. The predicted octanol–water partition coefficient (Wildman–Crippen LogP) is 1.10. The van der Waals surface area contributed by atoms with E-state index in [0.29, 0.717) is 17.3 Å². The fourth-order valence-electron chi connectivity index (χ4n) is 1.63. The number of nitrogens with zero attached hydrogens (tertiary/aromatic N) is 1. The minimum absolute atomic E-state index is 0.132. The molecule has 78 valence electrons. The van der Waals surface area contributed by atoms with Crippen LogP contribution in [0.1, 0.15) is 13.3 Å². The highest BCUT2D eigenvalue weighted by Crippen LogP contribution is 2.02. The molecule has 0 fully saturated rings. The largest absolute Gasteiger partial charge is 0.273 e. The van der Waals surface area contributed by atoms with E-state index in [1.807, 2.05) is 6.92 Å². The van der Waals surface area contributed by atoms with E-state index in [1.165, 1.54) is 4.68 Å². The third-order valence-electron chi connectivity index (χ3n) is 2.33. The van der Waals surface area contributed by atoms with Crippen molar-refractivity contribution in [1.29, 1.82) is 0 Å². The van der Waals surface area contributed by atoms with Crippen LogP contribution in [0, 0.1) is 0 Å². The number of fused-ring (bicyclic) bond motifs is 1. The van der Waals surface area contributed by atoms with Gasteiger partial charge in [0.25, 0.3) is 11.1 Å². The van der Waals surface area contributed by atoms with Crippen LogP contribution in [0.2, 0.25) is 0 Å². The lowest BCUT2D eigenvalue weighted by atomic mass is 10.2. The van der Waals surface area contributed by atoms with E-state index in [1.54, 1.807) is 24.3 Å². The molecular weight excluding hydrogens is 192 g/mol. The molecule has 1 aromatic heterocycles. The number of nitrogens with one attached hydrogen (secondary N) is 1. The minimum Gasteiger partial charge on any atom is -0.267 e. The molecular formula is C11H12N2O2. The van der Waals surface area contributed by atoms with E-state index in [-0.39, 0.29) is 11.1 Å². The second kappa shape index (κ2) is 3.73. The van der Waals surface area contributed by atoms with Crippen molar-refractivity contribution in [3.05, 3.63) is 45.0 Å². The summed E-state index contributed by atoms with van der Waals surface area (Å²) >= 11 is 0. The molecule has 0 aliphatic carbocycles. The number of aromatic amines is 1. The number of aromatic nitrogens is 2. The van der Waals surface area contributed by atoms with Gasteiger partial charge in [0.2, 0.25) is 0 Å². The SMILES string of the molecule is CCCn1[nH]c(=O)c2ccccc2c1=O. The van der Waals surface area contributed by atoms with Crippen molar-refractivity contribution < 1.29 is 0 Å². The third kappa shape index (κ3) is 1.58. The fraction of sp³-hybridized carbons (Fsp3) is 0.273. The zero-order valence-electron chi connectivity index (χ0n) is 8.49. The molecule has 1 heterocycles. The van der Waals surface area contributed by atoms with Gasteiger partial charge in [0.05, 0.1) is 10.8 Å². The van der Waals surface area contributed by atoms with Crippen LogP contribution in [-0.2, 0) is 6.54 Å². The standard InChI is InChI=1S/C11H12N2O2/c1-2-7-13-11(15)9-6-4-3-5-8(9)10(14)12-13/h3-6H,2,7H2,1H3,(H,12,14). The van der Waals surface area contributed by atoms with E-state index >= 15 is 0 Å². The Hall–Kier alpha value is -1.84. The van der Waals surface area contributed by atoms with E-state index < -0.39 is 0 Å². The summed E-state index contributed by atoms with van der Waals surface area (Å²) in [4.78, 5) is 23.5. The molecule has 0 amide bonds. The Morgan fingerprint density at radius 1 is 1.20 bits per heavy atom. The third-order valence-corrected chi connectivity index (χ3v) is 2.33. The Bertz CT molecular complexity index is 595. The maximum Gasteiger partial charge on any atom is 0.273 e. The molecule has 0 saturated carbocycles. The number of rotatable bonds is 2. The molecule has 0 bridgehead atoms. The van der Waals surface area contributed by atoms with Crippen LogP contribution in [0.3, 0.4) is 0 Å². The molecule has 0 atom stereocenters. The molecule has 0 spiro atoms. The Morgan fingerprint density at radius 2 is 1.87 bits per heavy atom. The second-order valence-corrected chi connectivity index (χ2v) is 3.44. The van der Waals surface area contributed by atoms with Crippen LogP contribution in [0.25, 0.3) is 10.8 Å². The van der Waals surface area contributed by atoms with Crippen molar-refractivity contribution in [1.82, 2.24) is 9.78 Å². The van der Waals surface area contributed by atoms with E-state index in [0.717, 1.165) is 6.42 Å². The summed E-state index contributed by atoms with van der Waals surface area (Å²) in [5.41, 5.74) is -0.342. The molecule has 0 unspecified atom stereocenters. The lowest BCUT2D eigenvalue weighted by Gasteiger charge is -2.04. The molecule has 2 aromatic rings. The van der Waals surface area contributed by atoms with Crippen molar-refractivity contribution in [3.8, 4) is 0 Å². The van der Waals surface area contributed by atoms with Gasteiger partial charge < -0.3 is 0 Å².